The Bertz CT molecular complexity index is 180. The Kier molecular flexibility index (Phi) is 14.6. The molecule has 2 heteroatoms. The van der Waals surface area contributed by atoms with Crippen LogP contribution in [-0.4, -0.2) is 39.1 Å². The van der Waals surface area contributed by atoms with Crippen molar-refractivity contribution in [1.29, 1.82) is 0 Å². The van der Waals surface area contributed by atoms with Gasteiger partial charge in [-0.25, -0.2) is 0 Å². The zero-order chi connectivity index (χ0) is 14.5. The predicted molar refractivity (Wildman–Crippen MR) is 86.7 cm³/mol. The third-order valence-corrected chi connectivity index (χ3v) is 5.47. The van der Waals surface area contributed by atoms with Crippen LogP contribution in [0.15, 0.2) is 0 Å². The van der Waals surface area contributed by atoms with Crippen molar-refractivity contribution in [3.63, 3.8) is 0 Å². The van der Waals surface area contributed by atoms with Crippen molar-refractivity contribution in [1.82, 2.24) is 0 Å². The van der Waals surface area contributed by atoms with Crippen LogP contribution in [0.5, 0.6) is 0 Å². The molecule has 0 aromatic carbocycles. The molecule has 110 valence electrons. The van der Waals surface area contributed by atoms with E-state index in [1.54, 1.807) is 0 Å². The summed E-state index contributed by atoms with van der Waals surface area (Å²) in [6.07, 6.45) is 12.5. The molecule has 0 amide bonds. The Labute approximate surface area is 139 Å². The Balaban J connectivity index is 3.70. The average Bonchev–Trinajstić information content (AvgIpc) is 2.43. The van der Waals surface area contributed by atoms with Gasteiger partial charge in [-0.2, -0.15) is 0 Å². The zero-order valence-corrected chi connectivity index (χ0v) is 16.0. The van der Waals surface area contributed by atoms with Gasteiger partial charge >= 0.3 is 126 Å². The van der Waals surface area contributed by atoms with Crippen molar-refractivity contribution in [2.24, 2.45) is 11.8 Å². The topological polar surface area (TPSA) is 20.2 Å². The Morgan fingerprint density at radius 3 is 1.74 bits per heavy atom. The van der Waals surface area contributed by atoms with Crippen LogP contribution in [0.25, 0.3) is 0 Å². The monoisotopic (exact) mass is 278 g/mol. The number of hydrogen-bond acceptors (Lipinski definition) is 1. The van der Waals surface area contributed by atoms with E-state index in [9.17, 15) is 5.11 Å². The quantitative estimate of drug-likeness (QED) is 0.366. The fraction of sp³-hybridized carbons (Fsp3) is 1.00. The van der Waals surface area contributed by atoms with Crippen LogP contribution in [0.2, 0.25) is 3.67 Å². The Morgan fingerprint density at radius 2 is 1.26 bits per heavy atom. The Hall–Kier alpha value is 0.960. The number of aliphatic hydroxyl groups is 1. The summed E-state index contributed by atoms with van der Waals surface area (Å²) >= 11 is 1.36. The molecule has 0 heterocycles. The van der Waals surface area contributed by atoms with E-state index in [1.165, 1.54) is 83.0 Å². The van der Waals surface area contributed by atoms with Crippen LogP contribution in [0.1, 0.15) is 85.0 Å². The van der Waals surface area contributed by atoms with E-state index in [0.717, 1.165) is 24.7 Å². The molecule has 0 spiro atoms. The van der Waals surface area contributed by atoms with Gasteiger partial charge in [0.25, 0.3) is 0 Å². The van der Waals surface area contributed by atoms with E-state index >= 15 is 0 Å². The standard InChI is InChI=1S/C17H35O.Na/c1-5-9-10-16(8-4)12-14-17(18)13-11-15(6-2)7-3;/h15-18H,1,5-14H2,2-4H3;. The SMILES string of the molecule is CCC(CC)CCC(O)CCC(CC)CCC[CH2][Na]. The van der Waals surface area contributed by atoms with Crippen molar-refractivity contribution in [2.75, 3.05) is 0 Å². The molecule has 2 unspecified atom stereocenters. The molecule has 0 fully saturated rings. The van der Waals surface area contributed by atoms with Crippen LogP contribution in [0.3, 0.4) is 0 Å². The molecule has 0 saturated heterocycles. The summed E-state index contributed by atoms with van der Waals surface area (Å²) in [5.41, 5.74) is 0. The summed E-state index contributed by atoms with van der Waals surface area (Å²) in [4.78, 5) is 0. The molecular weight excluding hydrogens is 243 g/mol. The molecule has 0 aliphatic carbocycles. The minimum atomic E-state index is -0.0479. The average molecular weight is 278 g/mol. The van der Waals surface area contributed by atoms with E-state index in [4.69, 9.17) is 0 Å². The van der Waals surface area contributed by atoms with Crippen LogP contribution >= 0.6 is 0 Å². The van der Waals surface area contributed by atoms with Crippen LogP contribution in [0.4, 0.5) is 0 Å². The van der Waals surface area contributed by atoms with Crippen LogP contribution in [-0.2, 0) is 0 Å². The molecule has 0 bridgehead atoms. The maximum absolute atomic E-state index is 10.1. The normalized spacial score (nSPS) is 14.9. The van der Waals surface area contributed by atoms with Gasteiger partial charge in [0.2, 0.25) is 0 Å². The van der Waals surface area contributed by atoms with Crippen molar-refractivity contribution in [2.45, 2.75) is 94.8 Å². The number of rotatable bonds is 13. The molecule has 1 N–H and O–H groups in total. The van der Waals surface area contributed by atoms with Gasteiger partial charge in [0.1, 0.15) is 0 Å². The van der Waals surface area contributed by atoms with Gasteiger partial charge in [0, 0.05) is 0 Å². The molecule has 0 saturated carbocycles. The van der Waals surface area contributed by atoms with Gasteiger partial charge in [-0.1, -0.05) is 13.8 Å². The van der Waals surface area contributed by atoms with Gasteiger partial charge in [-0.05, 0) is 0 Å². The molecule has 19 heavy (non-hydrogen) atoms. The third-order valence-electron chi connectivity index (χ3n) is 4.76. The van der Waals surface area contributed by atoms with Gasteiger partial charge in [-0.3, -0.25) is 0 Å². The van der Waals surface area contributed by atoms with E-state index in [2.05, 4.69) is 20.8 Å². The van der Waals surface area contributed by atoms with Crippen molar-refractivity contribution >= 4 is 27.9 Å². The minimum absolute atomic E-state index is 0.0479. The molecule has 0 aliphatic rings. The van der Waals surface area contributed by atoms with E-state index in [1.807, 2.05) is 0 Å². The first kappa shape index (κ1) is 20.0. The fourth-order valence-corrected chi connectivity index (χ4v) is 3.43. The first-order valence-electron chi connectivity index (χ1n) is 8.85. The van der Waals surface area contributed by atoms with Crippen molar-refractivity contribution < 1.29 is 5.11 Å². The third kappa shape index (κ3) is 11.3. The predicted octanol–water partition coefficient (Wildman–Crippen LogP) is 5.13. The molecule has 0 aromatic heterocycles. The summed E-state index contributed by atoms with van der Waals surface area (Å²) in [6, 6.07) is 0. The number of unbranched alkanes of at least 4 members (excludes halogenated alkanes) is 1. The molecule has 0 aromatic rings. The van der Waals surface area contributed by atoms with Gasteiger partial charge < -0.3 is 0 Å². The van der Waals surface area contributed by atoms with Crippen molar-refractivity contribution in [3.05, 3.63) is 0 Å². The Morgan fingerprint density at radius 1 is 0.737 bits per heavy atom. The van der Waals surface area contributed by atoms with Crippen molar-refractivity contribution in [3.8, 4) is 0 Å². The first-order chi connectivity index (χ1) is 9.17. The van der Waals surface area contributed by atoms with E-state index in [-0.39, 0.29) is 6.10 Å². The van der Waals surface area contributed by atoms with Gasteiger partial charge in [-0.15, -0.1) is 0 Å². The first-order valence-corrected chi connectivity index (χ1v) is 10.3. The van der Waals surface area contributed by atoms with Gasteiger partial charge in [0.05, 0.1) is 0 Å². The second-order valence-corrected chi connectivity index (χ2v) is 7.26. The summed E-state index contributed by atoms with van der Waals surface area (Å²) in [6.45, 7) is 6.84. The summed E-state index contributed by atoms with van der Waals surface area (Å²) in [7, 11) is 0. The van der Waals surface area contributed by atoms with E-state index in [0.29, 0.717) is 0 Å². The molecule has 0 radical (unpaired) electrons. The second kappa shape index (κ2) is 13.9. The molecule has 2 atom stereocenters. The summed E-state index contributed by atoms with van der Waals surface area (Å²) in [5, 5.41) is 10.1. The van der Waals surface area contributed by atoms with E-state index < -0.39 is 0 Å². The second-order valence-electron chi connectivity index (χ2n) is 6.26. The molecule has 1 nitrogen and oxygen atoms in total. The number of hydrogen-bond donors (Lipinski definition) is 1. The molecule has 0 rings (SSSR count). The molecular formula is C17H35NaO. The van der Waals surface area contributed by atoms with Crippen LogP contribution < -0.4 is 0 Å². The summed E-state index contributed by atoms with van der Waals surface area (Å²) < 4.78 is 1.45. The zero-order valence-electron chi connectivity index (χ0n) is 14.0. The van der Waals surface area contributed by atoms with Crippen LogP contribution in [0, 0.1) is 11.8 Å². The molecule has 0 aliphatic heterocycles. The summed E-state index contributed by atoms with van der Waals surface area (Å²) in [5.74, 6) is 1.68. The number of aliphatic hydroxyl groups excluding tert-OH is 1. The fourth-order valence-electron chi connectivity index (χ4n) is 2.93. The maximum atomic E-state index is 10.1. The van der Waals surface area contributed by atoms with Gasteiger partial charge in [0.15, 0.2) is 0 Å².